The van der Waals surface area contributed by atoms with Crippen LogP contribution in [-0.2, 0) is 30.4 Å². The van der Waals surface area contributed by atoms with Crippen molar-refractivity contribution in [2.75, 3.05) is 19.8 Å². The van der Waals surface area contributed by atoms with Crippen LogP contribution in [0, 0.1) is 5.92 Å². The van der Waals surface area contributed by atoms with Gasteiger partial charge in [-0.1, -0.05) is 89.1 Å². The lowest BCUT2D eigenvalue weighted by Crippen LogP contribution is -2.21. The van der Waals surface area contributed by atoms with E-state index in [1.165, 1.54) is 24.8 Å². The van der Waals surface area contributed by atoms with E-state index in [1.807, 2.05) is 18.2 Å². The zero-order valence-electron chi connectivity index (χ0n) is 21.0. The summed E-state index contributed by atoms with van der Waals surface area (Å²) in [6.45, 7) is 6.25. The highest BCUT2D eigenvalue weighted by Gasteiger charge is 2.15. The van der Waals surface area contributed by atoms with E-state index >= 15 is 0 Å². The van der Waals surface area contributed by atoms with Crippen molar-refractivity contribution in [3.8, 4) is 0 Å². The highest BCUT2D eigenvalue weighted by atomic mass is 16.5. The van der Waals surface area contributed by atoms with Crippen molar-refractivity contribution in [1.29, 1.82) is 0 Å². The molecule has 1 atom stereocenters. The summed E-state index contributed by atoms with van der Waals surface area (Å²) in [4.78, 5) is 24.1. The molecule has 0 radical (unpaired) electrons. The van der Waals surface area contributed by atoms with Gasteiger partial charge in [0.1, 0.15) is 0 Å². The monoisotopic (exact) mass is 462 g/mol. The van der Waals surface area contributed by atoms with Crippen molar-refractivity contribution < 1.29 is 23.8 Å². The number of rotatable bonds is 21. The first-order chi connectivity index (χ1) is 16.2. The van der Waals surface area contributed by atoms with Gasteiger partial charge in [-0.2, -0.15) is 0 Å². The van der Waals surface area contributed by atoms with Gasteiger partial charge in [-0.05, 0) is 31.2 Å². The molecular formula is C28H46O5. The van der Waals surface area contributed by atoms with Crippen molar-refractivity contribution >= 4 is 11.9 Å². The molecule has 5 nitrogen and oxygen atoms in total. The molecule has 1 unspecified atom stereocenters. The molecule has 0 fully saturated rings. The lowest BCUT2D eigenvalue weighted by molar-refractivity contribution is -0.149. The number of esters is 2. The van der Waals surface area contributed by atoms with Crippen LogP contribution in [0.15, 0.2) is 30.3 Å². The van der Waals surface area contributed by atoms with Gasteiger partial charge in [0.05, 0.1) is 19.8 Å². The molecule has 0 N–H and O–H groups in total. The second kappa shape index (κ2) is 20.7. The number of hydrogen-bond acceptors (Lipinski definition) is 5. The van der Waals surface area contributed by atoms with E-state index in [0.29, 0.717) is 39.3 Å². The minimum absolute atomic E-state index is 0.0401. The Hall–Kier alpha value is -1.88. The second-order valence-electron chi connectivity index (χ2n) is 8.89. The molecule has 0 amide bonds. The zero-order valence-corrected chi connectivity index (χ0v) is 21.0. The first-order valence-corrected chi connectivity index (χ1v) is 13.1. The molecule has 0 bridgehead atoms. The molecule has 1 aromatic carbocycles. The predicted octanol–water partition coefficient (Wildman–Crippen LogP) is 7.02. The van der Waals surface area contributed by atoms with Gasteiger partial charge in [0.25, 0.3) is 0 Å². The zero-order chi connectivity index (χ0) is 24.0. The average molecular weight is 463 g/mol. The van der Waals surface area contributed by atoms with Gasteiger partial charge in [-0.25, -0.2) is 0 Å². The van der Waals surface area contributed by atoms with Crippen LogP contribution < -0.4 is 0 Å². The lowest BCUT2D eigenvalue weighted by Gasteiger charge is -2.17. The largest absolute Gasteiger partial charge is 0.465 e. The van der Waals surface area contributed by atoms with E-state index in [2.05, 4.69) is 26.0 Å². The van der Waals surface area contributed by atoms with Crippen LogP contribution in [-0.4, -0.2) is 31.8 Å². The van der Waals surface area contributed by atoms with Crippen molar-refractivity contribution in [1.82, 2.24) is 0 Å². The molecule has 0 saturated heterocycles. The van der Waals surface area contributed by atoms with Crippen LogP contribution in [0.4, 0.5) is 0 Å². The Morgan fingerprint density at radius 3 is 1.94 bits per heavy atom. The van der Waals surface area contributed by atoms with E-state index in [1.54, 1.807) is 0 Å². The summed E-state index contributed by atoms with van der Waals surface area (Å²) in [6, 6.07) is 10.1. The Morgan fingerprint density at radius 2 is 1.30 bits per heavy atom. The topological polar surface area (TPSA) is 61.8 Å². The van der Waals surface area contributed by atoms with E-state index in [-0.39, 0.29) is 17.9 Å². The summed E-state index contributed by atoms with van der Waals surface area (Å²) in [5.41, 5.74) is 1.17. The van der Waals surface area contributed by atoms with Crippen LogP contribution in [0.5, 0.6) is 0 Å². The average Bonchev–Trinajstić information content (AvgIpc) is 2.83. The maximum atomic E-state index is 12.1. The molecule has 1 rings (SSSR count). The summed E-state index contributed by atoms with van der Waals surface area (Å²) >= 11 is 0. The third-order valence-electron chi connectivity index (χ3n) is 5.69. The van der Waals surface area contributed by atoms with Crippen molar-refractivity contribution in [3.63, 3.8) is 0 Å². The van der Waals surface area contributed by atoms with E-state index in [9.17, 15) is 9.59 Å². The number of hydrogen-bond donors (Lipinski definition) is 0. The van der Waals surface area contributed by atoms with E-state index < -0.39 is 0 Å². The highest BCUT2D eigenvalue weighted by Crippen LogP contribution is 2.13. The predicted molar refractivity (Wildman–Crippen MR) is 133 cm³/mol. The first-order valence-electron chi connectivity index (χ1n) is 13.1. The highest BCUT2D eigenvalue weighted by molar-refractivity contribution is 5.69. The van der Waals surface area contributed by atoms with Gasteiger partial charge in [0.2, 0.25) is 0 Å². The molecule has 0 saturated carbocycles. The normalized spacial score (nSPS) is 11.8. The van der Waals surface area contributed by atoms with Gasteiger partial charge in [0.15, 0.2) is 0 Å². The third kappa shape index (κ3) is 17.3. The molecule has 0 aliphatic heterocycles. The van der Waals surface area contributed by atoms with Crippen LogP contribution in [0.25, 0.3) is 0 Å². The fraction of sp³-hybridized carbons (Fsp3) is 0.714. The van der Waals surface area contributed by atoms with Crippen LogP contribution in [0.1, 0.15) is 103 Å². The summed E-state index contributed by atoms with van der Waals surface area (Å²) < 4.78 is 16.8. The van der Waals surface area contributed by atoms with Gasteiger partial charge in [-0.15, -0.1) is 0 Å². The number of benzene rings is 1. The Kier molecular flexibility index (Phi) is 18.3. The number of unbranched alkanes of at least 4 members (excludes halogenated alkanes) is 7. The Morgan fingerprint density at radius 1 is 0.727 bits per heavy atom. The number of carbonyl (C=O) groups excluding carboxylic acids is 2. The van der Waals surface area contributed by atoms with Crippen LogP contribution in [0.3, 0.4) is 0 Å². The maximum absolute atomic E-state index is 12.1. The fourth-order valence-corrected chi connectivity index (χ4v) is 3.57. The molecule has 5 heteroatoms. The SMILES string of the molecule is CCCCCCCC(=O)OCC(CCCCOCc1ccccc1)COC(=O)CCCCC. The minimum Gasteiger partial charge on any atom is -0.465 e. The second-order valence-corrected chi connectivity index (χ2v) is 8.89. The van der Waals surface area contributed by atoms with Crippen LogP contribution >= 0.6 is 0 Å². The van der Waals surface area contributed by atoms with E-state index in [4.69, 9.17) is 14.2 Å². The molecule has 33 heavy (non-hydrogen) atoms. The molecule has 0 spiro atoms. The Balaban J connectivity index is 2.29. The lowest BCUT2D eigenvalue weighted by atomic mass is 10.0. The standard InChI is InChI=1S/C28H46O5/c1-3-5-7-8-13-20-28(30)33-24-26(23-32-27(29)19-10-6-4-2)18-14-15-21-31-22-25-16-11-9-12-17-25/h9,11-12,16-17,26H,3-8,10,13-15,18-24H2,1-2H3. The van der Waals surface area contributed by atoms with Gasteiger partial charge < -0.3 is 14.2 Å². The molecule has 188 valence electrons. The summed E-state index contributed by atoms with van der Waals surface area (Å²) in [5, 5.41) is 0. The van der Waals surface area contributed by atoms with Crippen molar-refractivity contribution in [2.24, 2.45) is 5.92 Å². The molecule has 0 aliphatic carbocycles. The van der Waals surface area contributed by atoms with Gasteiger partial charge in [-0.3, -0.25) is 9.59 Å². The molecule has 1 aromatic rings. The van der Waals surface area contributed by atoms with E-state index in [0.717, 1.165) is 51.4 Å². The summed E-state index contributed by atoms with van der Waals surface area (Å²) in [5.74, 6) is -0.253. The Bertz CT molecular complexity index is 602. The van der Waals surface area contributed by atoms with Crippen molar-refractivity contribution in [2.45, 2.75) is 104 Å². The third-order valence-corrected chi connectivity index (χ3v) is 5.69. The van der Waals surface area contributed by atoms with Gasteiger partial charge >= 0.3 is 11.9 Å². The quantitative estimate of drug-likeness (QED) is 0.145. The van der Waals surface area contributed by atoms with Gasteiger partial charge in [0, 0.05) is 25.4 Å². The summed E-state index contributed by atoms with van der Waals surface area (Å²) in [7, 11) is 0. The maximum Gasteiger partial charge on any atom is 0.305 e. The molecule has 0 aliphatic rings. The minimum atomic E-state index is -0.151. The molecular weight excluding hydrogens is 416 g/mol. The smallest absolute Gasteiger partial charge is 0.305 e. The van der Waals surface area contributed by atoms with Crippen LogP contribution in [0.2, 0.25) is 0 Å². The fourth-order valence-electron chi connectivity index (χ4n) is 3.57. The molecule has 0 heterocycles. The van der Waals surface area contributed by atoms with Crippen molar-refractivity contribution in [3.05, 3.63) is 35.9 Å². The first kappa shape index (κ1) is 29.2. The number of carbonyl (C=O) groups is 2. The summed E-state index contributed by atoms with van der Waals surface area (Å²) in [6.07, 6.45) is 12.2. The number of ether oxygens (including phenoxy) is 3. The Labute approximate surface area is 201 Å². The molecule has 0 aromatic heterocycles.